The zero-order chi connectivity index (χ0) is 14.3. The third kappa shape index (κ3) is 2.53. The highest BCUT2D eigenvalue weighted by Gasteiger charge is 2.29. The van der Waals surface area contributed by atoms with E-state index in [1.54, 1.807) is 18.2 Å². The molecule has 3 rings (SSSR count). The van der Waals surface area contributed by atoms with E-state index in [4.69, 9.17) is 0 Å². The number of fused-ring (bicyclic) bond motifs is 1. The fraction of sp³-hybridized carbons (Fsp3) is 0.385. The smallest absolute Gasteiger partial charge is 0.251 e. The van der Waals surface area contributed by atoms with E-state index in [0.717, 1.165) is 16.9 Å². The lowest BCUT2D eigenvalue weighted by atomic mass is 10.1. The minimum Gasteiger partial charge on any atom is -0.348 e. The molecule has 0 spiro atoms. The highest BCUT2D eigenvalue weighted by Crippen LogP contribution is 2.15. The Labute approximate surface area is 116 Å². The number of aryl methyl sites for hydroxylation is 1. The first-order chi connectivity index (χ1) is 9.43. The molecule has 2 heterocycles. The Balaban J connectivity index is 1.78. The summed E-state index contributed by atoms with van der Waals surface area (Å²) in [5.41, 5.74) is 2.11. The van der Waals surface area contributed by atoms with Crippen LogP contribution in [0.15, 0.2) is 18.2 Å². The Morgan fingerprint density at radius 3 is 2.95 bits per heavy atom. The lowest BCUT2D eigenvalue weighted by molar-refractivity contribution is 0.0941. The van der Waals surface area contributed by atoms with Gasteiger partial charge in [-0.05, 0) is 31.5 Å². The molecule has 7 heteroatoms. The Morgan fingerprint density at radius 1 is 1.45 bits per heavy atom. The number of rotatable bonds is 2. The van der Waals surface area contributed by atoms with Gasteiger partial charge in [-0.25, -0.2) is 13.4 Å². The summed E-state index contributed by atoms with van der Waals surface area (Å²) in [6, 6.07) is 4.92. The van der Waals surface area contributed by atoms with Gasteiger partial charge < -0.3 is 10.3 Å². The number of hydrogen-bond donors (Lipinski definition) is 2. The first-order valence-electron chi connectivity index (χ1n) is 6.41. The molecule has 6 nitrogen and oxygen atoms in total. The molecule has 1 unspecified atom stereocenters. The normalized spacial score (nSPS) is 21.1. The number of aromatic nitrogens is 2. The highest BCUT2D eigenvalue weighted by atomic mass is 32.2. The standard InChI is InChI=1S/C13H15N3O3S/c1-8-14-11-3-2-9(6-12(11)15-8)13(17)16-10-4-5-20(18,19)7-10/h2-3,6,10H,4-5,7H2,1H3,(H,14,15)(H,16,17). The molecule has 2 N–H and O–H groups in total. The molecule has 1 aromatic heterocycles. The van der Waals surface area contributed by atoms with E-state index in [9.17, 15) is 13.2 Å². The van der Waals surface area contributed by atoms with Crippen molar-refractivity contribution in [1.82, 2.24) is 15.3 Å². The molecule has 1 fully saturated rings. The maximum atomic E-state index is 12.1. The highest BCUT2D eigenvalue weighted by molar-refractivity contribution is 7.91. The first kappa shape index (κ1) is 13.1. The van der Waals surface area contributed by atoms with Gasteiger partial charge in [0.2, 0.25) is 0 Å². The van der Waals surface area contributed by atoms with Crippen LogP contribution in [0.25, 0.3) is 11.0 Å². The number of sulfone groups is 1. The zero-order valence-electron chi connectivity index (χ0n) is 11.0. The van der Waals surface area contributed by atoms with Crippen molar-refractivity contribution in [3.63, 3.8) is 0 Å². The van der Waals surface area contributed by atoms with Crippen LogP contribution in [0.5, 0.6) is 0 Å². The van der Waals surface area contributed by atoms with Crippen molar-refractivity contribution in [2.75, 3.05) is 11.5 Å². The number of nitrogens with zero attached hydrogens (tertiary/aromatic N) is 1. The van der Waals surface area contributed by atoms with Crippen LogP contribution in [0.1, 0.15) is 22.6 Å². The van der Waals surface area contributed by atoms with E-state index in [0.29, 0.717) is 12.0 Å². The molecule has 20 heavy (non-hydrogen) atoms. The molecular formula is C13H15N3O3S. The number of carbonyl (C=O) groups is 1. The van der Waals surface area contributed by atoms with Crippen molar-refractivity contribution in [1.29, 1.82) is 0 Å². The number of imidazole rings is 1. The van der Waals surface area contributed by atoms with Crippen molar-refractivity contribution in [2.24, 2.45) is 0 Å². The van der Waals surface area contributed by atoms with E-state index >= 15 is 0 Å². The van der Waals surface area contributed by atoms with Crippen molar-refractivity contribution in [3.05, 3.63) is 29.6 Å². The van der Waals surface area contributed by atoms with E-state index in [1.165, 1.54) is 0 Å². The second kappa shape index (κ2) is 4.59. The van der Waals surface area contributed by atoms with Gasteiger partial charge in [-0.2, -0.15) is 0 Å². The summed E-state index contributed by atoms with van der Waals surface area (Å²) in [7, 11) is -2.99. The van der Waals surface area contributed by atoms with Crippen LogP contribution in [0, 0.1) is 6.92 Å². The minimum atomic E-state index is -2.99. The maximum Gasteiger partial charge on any atom is 0.251 e. The average Bonchev–Trinajstić information content (AvgIpc) is 2.89. The van der Waals surface area contributed by atoms with Gasteiger partial charge in [0, 0.05) is 11.6 Å². The van der Waals surface area contributed by atoms with Gasteiger partial charge in [0.1, 0.15) is 5.82 Å². The van der Waals surface area contributed by atoms with Crippen LogP contribution < -0.4 is 5.32 Å². The number of aromatic amines is 1. The Morgan fingerprint density at radius 2 is 2.25 bits per heavy atom. The topological polar surface area (TPSA) is 91.9 Å². The SMILES string of the molecule is Cc1nc2ccc(C(=O)NC3CCS(=O)(=O)C3)cc2[nH]1. The number of nitrogens with one attached hydrogen (secondary N) is 2. The summed E-state index contributed by atoms with van der Waals surface area (Å²) >= 11 is 0. The fourth-order valence-electron chi connectivity index (χ4n) is 2.46. The van der Waals surface area contributed by atoms with Crippen LogP contribution >= 0.6 is 0 Å². The van der Waals surface area contributed by atoms with Gasteiger partial charge in [-0.1, -0.05) is 0 Å². The quantitative estimate of drug-likeness (QED) is 0.856. The number of amides is 1. The second-order valence-corrected chi connectivity index (χ2v) is 7.36. The van der Waals surface area contributed by atoms with Crippen molar-refractivity contribution in [2.45, 2.75) is 19.4 Å². The average molecular weight is 293 g/mol. The van der Waals surface area contributed by atoms with Gasteiger partial charge in [0.15, 0.2) is 9.84 Å². The number of hydrogen-bond acceptors (Lipinski definition) is 4. The summed E-state index contributed by atoms with van der Waals surface area (Å²) in [6.07, 6.45) is 0.486. The van der Waals surface area contributed by atoms with E-state index < -0.39 is 9.84 Å². The van der Waals surface area contributed by atoms with E-state index in [2.05, 4.69) is 15.3 Å². The summed E-state index contributed by atoms with van der Waals surface area (Å²) in [6.45, 7) is 1.85. The predicted molar refractivity (Wildman–Crippen MR) is 75.4 cm³/mol. The molecule has 1 aliphatic rings. The van der Waals surface area contributed by atoms with E-state index in [1.807, 2.05) is 6.92 Å². The van der Waals surface area contributed by atoms with Crippen LogP contribution in [0.3, 0.4) is 0 Å². The lowest BCUT2D eigenvalue weighted by Gasteiger charge is -2.10. The molecule has 1 aromatic carbocycles. The molecule has 0 aliphatic carbocycles. The van der Waals surface area contributed by atoms with Gasteiger partial charge in [0.05, 0.1) is 22.5 Å². The maximum absolute atomic E-state index is 12.1. The second-order valence-electron chi connectivity index (χ2n) is 5.13. The summed E-state index contributed by atoms with van der Waals surface area (Å²) in [5.74, 6) is 0.724. The van der Waals surface area contributed by atoms with Crippen LogP contribution in [-0.4, -0.2) is 41.8 Å². The molecule has 1 atom stereocenters. The molecule has 0 radical (unpaired) electrons. The predicted octanol–water partition coefficient (Wildman–Crippen LogP) is 0.788. The Bertz CT molecular complexity index is 779. The van der Waals surface area contributed by atoms with Crippen LogP contribution in [0.4, 0.5) is 0 Å². The molecular weight excluding hydrogens is 278 g/mol. The summed E-state index contributed by atoms with van der Waals surface area (Å²) < 4.78 is 22.7. The molecule has 106 valence electrons. The summed E-state index contributed by atoms with van der Waals surface area (Å²) in [4.78, 5) is 19.5. The largest absolute Gasteiger partial charge is 0.348 e. The Hall–Kier alpha value is -1.89. The lowest BCUT2D eigenvalue weighted by Crippen LogP contribution is -2.35. The van der Waals surface area contributed by atoms with Crippen molar-refractivity contribution in [3.8, 4) is 0 Å². The molecule has 1 amide bonds. The summed E-state index contributed by atoms with van der Waals surface area (Å²) in [5, 5.41) is 2.77. The molecule has 0 bridgehead atoms. The van der Waals surface area contributed by atoms with E-state index in [-0.39, 0.29) is 23.5 Å². The molecule has 2 aromatic rings. The van der Waals surface area contributed by atoms with Gasteiger partial charge in [0.25, 0.3) is 5.91 Å². The fourth-order valence-corrected chi connectivity index (χ4v) is 4.13. The third-order valence-electron chi connectivity index (χ3n) is 3.43. The number of carbonyl (C=O) groups excluding carboxylic acids is 1. The Kier molecular flexibility index (Phi) is 3.01. The molecule has 1 aliphatic heterocycles. The van der Waals surface area contributed by atoms with Gasteiger partial charge in [-0.15, -0.1) is 0 Å². The number of benzene rings is 1. The minimum absolute atomic E-state index is 0.0319. The van der Waals surface area contributed by atoms with Crippen molar-refractivity contribution < 1.29 is 13.2 Å². The number of H-pyrrole nitrogens is 1. The van der Waals surface area contributed by atoms with Gasteiger partial charge >= 0.3 is 0 Å². The van der Waals surface area contributed by atoms with Crippen LogP contribution in [0.2, 0.25) is 0 Å². The third-order valence-corrected chi connectivity index (χ3v) is 5.20. The first-order valence-corrected chi connectivity index (χ1v) is 8.23. The monoisotopic (exact) mass is 293 g/mol. The zero-order valence-corrected chi connectivity index (χ0v) is 11.8. The van der Waals surface area contributed by atoms with Crippen LogP contribution in [-0.2, 0) is 9.84 Å². The molecule has 0 saturated carbocycles. The van der Waals surface area contributed by atoms with Gasteiger partial charge in [-0.3, -0.25) is 4.79 Å². The molecule has 1 saturated heterocycles. The van der Waals surface area contributed by atoms with Crippen molar-refractivity contribution >= 4 is 26.8 Å².